The van der Waals surface area contributed by atoms with E-state index in [1.54, 1.807) is 13.0 Å². The molecule has 1 aromatic carbocycles. The van der Waals surface area contributed by atoms with Crippen LogP contribution in [0.25, 0.3) is 5.95 Å². The lowest BCUT2D eigenvalue weighted by Gasteiger charge is -2.17. The molecular formula is C16H14F3N7O. The highest BCUT2D eigenvalue weighted by molar-refractivity contribution is 5.90. The largest absolute Gasteiger partial charge is 0.418 e. The van der Waals surface area contributed by atoms with Crippen LogP contribution < -0.4 is 10.6 Å². The maximum Gasteiger partial charge on any atom is 0.418 e. The summed E-state index contributed by atoms with van der Waals surface area (Å²) in [6, 6.07) is 4.86. The molecule has 2 amide bonds. The second-order valence-electron chi connectivity index (χ2n) is 5.44. The summed E-state index contributed by atoms with van der Waals surface area (Å²) >= 11 is 0. The fourth-order valence-corrected chi connectivity index (χ4v) is 2.36. The Morgan fingerprint density at radius 1 is 1.11 bits per heavy atom. The summed E-state index contributed by atoms with van der Waals surface area (Å²) in [6.45, 7) is 1.61. The first kappa shape index (κ1) is 18.3. The Morgan fingerprint density at radius 3 is 2.52 bits per heavy atom. The van der Waals surface area contributed by atoms with E-state index in [4.69, 9.17) is 0 Å². The van der Waals surface area contributed by atoms with Gasteiger partial charge in [0.25, 0.3) is 5.95 Å². The number of hydrogen-bond donors (Lipinski definition) is 2. The number of urea groups is 1. The van der Waals surface area contributed by atoms with Gasteiger partial charge in [0.15, 0.2) is 5.82 Å². The van der Waals surface area contributed by atoms with Crippen molar-refractivity contribution in [3.05, 3.63) is 60.4 Å². The van der Waals surface area contributed by atoms with Crippen LogP contribution in [0.1, 0.15) is 24.4 Å². The molecule has 0 saturated carbocycles. The van der Waals surface area contributed by atoms with Crippen molar-refractivity contribution in [1.82, 2.24) is 30.0 Å². The number of anilines is 1. The van der Waals surface area contributed by atoms with Gasteiger partial charge < -0.3 is 10.6 Å². The molecule has 0 aliphatic rings. The second-order valence-corrected chi connectivity index (χ2v) is 5.44. The zero-order valence-corrected chi connectivity index (χ0v) is 14.0. The van der Waals surface area contributed by atoms with Crippen LogP contribution in [0, 0.1) is 0 Å². The number of nitrogens with one attached hydrogen (secondary N) is 2. The lowest BCUT2D eigenvalue weighted by Crippen LogP contribution is -2.33. The molecule has 8 nitrogen and oxygen atoms in total. The molecule has 2 aromatic heterocycles. The Labute approximate surface area is 151 Å². The van der Waals surface area contributed by atoms with Gasteiger partial charge in [0.2, 0.25) is 0 Å². The van der Waals surface area contributed by atoms with Gasteiger partial charge in [0, 0.05) is 12.4 Å². The van der Waals surface area contributed by atoms with Crippen molar-refractivity contribution >= 4 is 11.7 Å². The van der Waals surface area contributed by atoms with E-state index in [0.29, 0.717) is 5.82 Å². The first-order valence-electron chi connectivity index (χ1n) is 7.77. The number of aromatic nitrogens is 5. The fourth-order valence-electron chi connectivity index (χ4n) is 2.36. The average molecular weight is 377 g/mol. The topological polar surface area (TPSA) is 97.6 Å². The van der Waals surface area contributed by atoms with Crippen LogP contribution >= 0.6 is 0 Å². The van der Waals surface area contributed by atoms with Gasteiger partial charge in [-0.2, -0.15) is 23.0 Å². The first-order valence-corrected chi connectivity index (χ1v) is 7.77. The number of amides is 2. The van der Waals surface area contributed by atoms with Crippen LogP contribution in [0.5, 0.6) is 0 Å². The van der Waals surface area contributed by atoms with Crippen molar-refractivity contribution in [1.29, 1.82) is 0 Å². The number of carbonyl (C=O) groups is 1. The van der Waals surface area contributed by atoms with Gasteiger partial charge in [0.05, 0.1) is 17.3 Å². The van der Waals surface area contributed by atoms with Crippen molar-refractivity contribution in [2.45, 2.75) is 19.1 Å². The normalized spacial score (nSPS) is 12.4. The van der Waals surface area contributed by atoms with Crippen molar-refractivity contribution in [2.75, 3.05) is 5.32 Å². The lowest BCUT2D eigenvalue weighted by atomic mass is 10.1. The van der Waals surface area contributed by atoms with Gasteiger partial charge in [-0.25, -0.2) is 19.7 Å². The average Bonchev–Trinajstić information content (AvgIpc) is 3.12. The van der Waals surface area contributed by atoms with Crippen molar-refractivity contribution in [3.8, 4) is 5.95 Å². The Balaban J connectivity index is 1.74. The predicted octanol–water partition coefficient (Wildman–Crippen LogP) is 2.96. The summed E-state index contributed by atoms with van der Waals surface area (Å²) in [4.78, 5) is 24.3. The third kappa shape index (κ3) is 4.19. The highest BCUT2D eigenvalue weighted by Gasteiger charge is 2.33. The summed E-state index contributed by atoms with van der Waals surface area (Å²) in [6.07, 6.45) is -0.277. The van der Waals surface area contributed by atoms with Crippen LogP contribution in [0.2, 0.25) is 0 Å². The zero-order valence-electron chi connectivity index (χ0n) is 14.0. The van der Waals surface area contributed by atoms with E-state index < -0.39 is 23.8 Å². The number of alkyl halides is 3. The number of nitrogens with zero attached hydrogens (tertiary/aromatic N) is 5. The first-order chi connectivity index (χ1) is 12.9. The predicted molar refractivity (Wildman–Crippen MR) is 89.0 cm³/mol. The lowest BCUT2D eigenvalue weighted by molar-refractivity contribution is -0.136. The van der Waals surface area contributed by atoms with E-state index in [0.717, 1.165) is 6.07 Å². The monoisotopic (exact) mass is 377 g/mol. The second kappa shape index (κ2) is 7.40. The number of rotatable bonds is 4. The van der Waals surface area contributed by atoms with E-state index in [-0.39, 0.29) is 11.6 Å². The molecule has 2 heterocycles. The minimum atomic E-state index is -4.58. The molecule has 3 aromatic rings. The minimum Gasteiger partial charge on any atom is -0.328 e. The van der Waals surface area contributed by atoms with Gasteiger partial charge in [-0.05, 0) is 25.1 Å². The van der Waals surface area contributed by atoms with E-state index in [1.807, 2.05) is 0 Å². The standard InChI is InChI=1S/C16H14F3N7O/c1-10(13-22-9-23-26(13)14-20-7-4-8-21-14)24-15(27)25-12-6-3-2-5-11(12)16(17,18)19/h2-10H,1H3,(H2,24,25,27). The molecule has 27 heavy (non-hydrogen) atoms. The summed E-state index contributed by atoms with van der Waals surface area (Å²) in [5, 5.41) is 8.74. The van der Waals surface area contributed by atoms with Gasteiger partial charge in [0.1, 0.15) is 6.33 Å². The maximum absolute atomic E-state index is 13.0. The smallest absolute Gasteiger partial charge is 0.328 e. The van der Waals surface area contributed by atoms with E-state index in [2.05, 4.69) is 30.7 Å². The molecule has 0 fully saturated rings. The Hall–Kier alpha value is -3.50. The molecule has 0 aliphatic carbocycles. The quantitative estimate of drug-likeness (QED) is 0.729. The number of para-hydroxylation sites is 1. The van der Waals surface area contributed by atoms with E-state index in [9.17, 15) is 18.0 Å². The number of hydrogen-bond acceptors (Lipinski definition) is 5. The molecule has 140 valence electrons. The van der Waals surface area contributed by atoms with Crippen LogP contribution in [0.3, 0.4) is 0 Å². The molecule has 0 spiro atoms. The van der Waals surface area contributed by atoms with E-state index in [1.165, 1.54) is 41.6 Å². The summed E-state index contributed by atoms with van der Waals surface area (Å²) in [7, 11) is 0. The highest BCUT2D eigenvalue weighted by atomic mass is 19.4. The Morgan fingerprint density at radius 2 is 1.81 bits per heavy atom. The van der Waals surface area contributed by atoms with Crippen molar-refractivity contribution in [3.63, 3.8) is 0 Å². The SMILES string of the molecule is CC(NC(=O)Nc1ccccc1C(F)(F)F)c1ncnn1-c1ncccn1. The van der Waals surface area contributed by atoms with Gasteiger partial charge in [-0.15, -0.1) is 0 Å². The molecule has 0 radical (unpaired) electrons. The summed E-state index contributed by atoms with van der Waals surface area (Å²) in [5.41, 5.74) is -1.28. The molecule has 1 unspecified atom stereocenters. The third-order valence-electron chi connectivity index (χ3n) is 3.53. The summed E-state index contributed by atoms with van der Waals surface area (Å²) in [5.74, 6) is 0.571. The Bertz CT molecular complexity index is 927. The summed E-state index contributed by atoms with van der Waals surface area (Å²) < 4.78 is 40.4. The molecule has 0 bridgehead atoms. The zero-order chi connectivity index (χ0) is 19.4. The molecule has 1 atom stereocenters. The minimum absolute atomic E-state index is 0.251. The highest BCUT2D eigenvalue weighted by Crippen LogP contribution is 2.34. The van der Waals surface area contributed by atoms with Crippen molar-refractivity contribution in [2.24, 2.45) is 0 Å². The molecule has 11 heteroatoms. The molecular weight excluding hydrogens is 363 g/mol. The maximum atomic E-state index is 13.0. The van der Waals surface area contributed by atoms with Crippen LogP contribution in [0.15, 0.2) is 49.1 Å². The third-order valence-corrected chi connectivity index (χ3v) is 3.53. The number of halogens is 3. The number of benzene rings is 1. The van der Waals surface area contributed by atoms with Crippen LogP contribution in [-0.4, -0.2) is 30.8 Å². The molecule has 2 N–H and O–H groups in total. The van der Waals surface area contributed by atoms with Crippen molar-refractivity contribution < 1.29 is 18.0 Å². The molecule has 3 rings (SSSR count). The van der Waals surface area contributed by atoms with Crippen LogP contribution in [0.4, 0.5) is 23.7 Å². The van der Waals surface area contributed by atoms with Gasteiger partial charge >= 0.3 is 12.2 Å². The van der Waals surface area contributed by atoms with Gasteiger partial charge in [-0.3, -0.25) is 0 Å². The molecule has 0 saturated heterocycles. The molecule has 0 aliphatic heterocycles. The van der Waals surface area contributed by atoms with Crippen LogP contribution in [-0.2, 0) is 6.18 Å². The fraction of sp³-hybridized carbons (Fsp3) is 0.188. The van der Waals surface area contributed by atoms with Gasteiger partial charge in [-0.1, -0.05) is 12.1 Å². The van der Waals surface area contributed by atoms with E-state index >= 15 is 0 Å². The Kier molecular flexibility index (Phi) is 5.01. The number of carbonyl (C=O) groups excluding carboxylic acids is 1.